The molecule has 0 heterocycles. The molecule has 1 aliphatic carbocycles. The molecule has 16 heavy (non-hydrogen) atoms. The maximum absolute atomic E-state index is 11.0. The van der Waals surface area contributed by atoms with E-state index < -0.39 is 5.54 Å². The fourth-order valence-electron chi connectivity index (χ4n) is 1.04. The molecule has 1 saturated carbocycles. The predicted octanol–water partition coefficient (Wildman–Crippen LogP) is 1.61. The zero-order valence-corrected chi connectivity index (χ0v) is 13.8. The third-order valence-electron chi connectivity index (χ3n) is 1.76. The van der Waals surface area contributed by atoms with Gasteiger partial charge in [-0.05, 0) is 12.8 Å². The van der Waals surface area contributed by atoms with Crippen LogP contribution in [0.3, 0.4) is 0 Å². The van der Waals surface area contributed by atoms with Gasteiger partial charge in [-0.1, -0.05) is 27.7 Å². The van der Waals surface area contributed by atoms with Gasteiger partial charge in [-0.15, -0.1) is 0 Å². The van der Waals surface area contributed by atoms with E-state index >= 15 is 0 Å². The first kappa shape index (κ1) is 21.0. The van der Waals surface area contributed by atoms with Crippen LogP contribution in [-0.4, -0.2) is 17.4 Å². The number of amides is 2. The fraction of sp³-hybridized carbons (Fsp3) is 0.727. The van der Waals surface area contributed by atoms with E-state index in [1.165, 1.54) is 6.92 Å². The third-order valence-corrected chi connectivity index (χ3v) is 1.76. The Kier molecular flexibility index (Phi) is 14.6. The van der Waals surface area contributed by atoms with E-state index in [0.717, 1.165) is 0 Å². The van der Waals surface area contributed by atoms with Crippen LogP contribution >= 0.6 is 0 Å². The minimum absolute atomic E-state index is 0. The first-order valence-corrected chi connectivity index (χ1v) is 5.47. The van der Waals surface area contributed by atoms with Crippen molar-refractivity contribution in [1.29, 1.82) is 0 Å². The van der Waals surface area contributed by atoms with E-state index in [9.17, 15) is 9.59 Å². The predicted molar refractivity (Wildman–Crippen MR) is 62.0 cm³/mol. The van der Waals surface area contributed by atoms with Crippen molar-refractivity contribution in [1.82, 2.24) is 10.6 Å². The number of carbonyl (C=O) groups excluding carboxylic acids is 2. The summed E-state index contributed by atoms with van der Waals surface area (Å²) in [7, 11) is 3.25. The van der Waals surface area contributed by atoms with Crippen LogP contribution in [0.25, 0.3) is 0 Å². The quantitative estimate of drug-likeness (QED) is 0.694. The summed E-state index contributed by atoms with van der Waals surface area (Å²) in [5.41, 5.74) is -0.631. The molecule has 1 rings (SSSR count). The van der Waals surface area contributed by atoms with Crippen LogP contribution < -0.4 is 10.6 Å². The van der Waals surface area contributed by atoms with Crippen molar-refractivity contribution < 1.29 is 30.7 Å². The summed E-state index contributed by atoms with van der Waals surface area (Å²) < 4.78 is 0. The minimum Gasteiger partial charge on any atom is -0.506 e. The largest absolute Gasteiger partial charge is 0.506 e. The first-order valence-electron chi connectivity index (χ1n) is 5.47. The summed E-state index contributed by atoms with van der Waals surface area (Å²) in [5, 5.41) is 4.86. The Morgan fingerprint density at radius 2 is 1.50 bits per heavy atom. The summed E-state index contributed by atoms with van der Waals surface area (Å²) in [4.78, 5) is 21.7. The van der Waals surface area contributed by atoms with Gasteiger partial charge in [0, 0.05) is 28.0 Å². The van der Waals surface area contributed by atoms with Crippen molar-refractivity contribution in [3.8, 4) is 0 Å². The molecule has 0 aromatic heterocycles. The summed E-state index contributed by atoms with van der Waals surface area (Å²) in [6.07, 6.45) is 1.43. The maximum atomic E-state index is 11.0. The van der Waals surface area contributed by atoms with Crippen LogP contribution in [0.4, 0.5) is 0 Å². The number of carbonyl (C=O) groups is 2. The Bertz CT molecular complexity index is 204. The summed E-state index contributed by atoms with van der Waals surface area (Å²) >= 11 is 0. The number of nitrogens with one attached hydrogen (secondary N) is 2. The van der Waals surface area contributed by atoms with Crippen LogP contribution in [0.1, 0.15) is 47.5 Å². The molecule has 4 nitrogen and oxygen atoms in total. The Morgan fingerprint density at radius 3 is 1.69 bits per heavy atom. The molecule has 2 N–H and O–H groups in total. The van der Waals surface area contributed by atoms with Crippen molar-refractivity contribution in [3.63, 3.8) is 0 Å². The van der Waals surface area contributed by atoms with Crippen LogP contribution in [0.2, 0.25) is 0 Å². The molecule has 0 unspecified atom stereocenters. The van der Waals surface area contributed by atoms with Crippen molar-refractivity contribution in [2.75, 3.05) is 0 Å². The molecule has 0 aliphatic heterocycles. The molecule has 5 heteroatoms. The fourth-order valence-corrected chi connectivity index (χ4v) is 1.04. The van der Waals surface area contributed by atoms with Gasteiger partial charge in [0.05, 0.1) is 0 Å². The van der Waals surface area contributed by atoms with Crippen molar-refractivity contribution in [2.45, 2.75) is 53.0 Å². The van der Waals surface area contributed by atoms with Crippen LogP contribution in [0.5, 0.6) is 0 Å². The molecule has 0 atom stereocenters. The normalized spacial score (nSPS) is 13.6. The monoisotopic (exact) mass is 399 g/mol. The average molecular weight is 399 g/mol. The van der Waals surface area contributed by atoms with Gasteiger partial charge in [-0.3, -0.25) is 16.6 Å². The van der Waals surface area contributed by atoms with E-state index in [1.54, 1.807) is 0 Å². The van der Waals surface area contributed by atoms with Crippen LogP contribution in [-0.2, 0) is 30.7 Å². The molecule has 1 fully saturated rings. The van der Waals surface area contributed by atoms with E-state index in [0.29, 0.717) is 12.8 Å². The summed E-state index contributed by atoms with van der Waals surface area (Å²) in [6, 6.07) is 0. The van der Waals surface area contributed by atoms with E-state index in [2.05, 4.69) is 17.7 Å². The second-order valence-electron chi connectivity index (χ2n) is 2.77. The zero-order valence-electron chi connectivity index (χ0n) is 10.8. The molecular formula is C11H23N2O2W-. The van der Waals surface area contributed by atoms with Crippen molar-refractivity contribution in [3.05, 3.63) is 7.05 Å². The molecule has 0 saturated heterocycles. The summed E-state index contributed by atoms with van der Waals surface area (Å²) in [5.74, 6) is -0.376. The third kappa shape index (κ3) is 6.99. The summed E-state index contributed by atoms with van der Waals surface area (Å²) in [6.45, 7) is 9.40. The standard InChI is InChI=1S/C7H11N2O2.2C2H6.W/c1-5(10)9-7(3-4-7)6(11)8-2;2*1-2;/h2-4H2,1H3,(H,8,11)(H,9,10);2*1-2H3;/q-1;;;. The number of rotatable bonds is 2. The molecule has 0 radical (unpaired) electrons. The molecule has 0 bridgehead atoms. The van der Waals surface area contributed by atoms with Gasteiger partial charge in [0.15, 0.2) is 0 Å². The molecule has 2 amide bonds. The molecular weight excluding hydrogens is 376 g/mol. The topological polar surface area (TPSA) is 58.2 Å². The average Bonchev–Trinajstić information content (AvgIpc) is 3.03. The second kappa shape index (κ2) is 11.1. The molecule has 0 spiro atoms. The smallest absolute Gasteiger partial charge is 0.217 e. The van der Waals surface area contributed by atoms with E-state index in [-0.39, 0.29) is 32.9 Å². The van der Waals surface area contributed by atoms with Gasteiger partial charge in [0.25, 0.3) is 0 Å². The molecule has 0 aromatic rings. The van der Waals surface area contributed by atoms with E-state index in [4.69, 9.17) is 0 Å². The molecule has 0 aromatic carbocycles. The number of hydrogen-bond donors (Lipinski definition) is 2. The van der Waals surface area contributed by atoms with Gasteiger partial charge in [0.1, 0.15) is 5.54 Å². The van der Waals surface area contributed by atoms with Crippen LogP contribution in [0.15, 0.2) is 0 Å². The van der Waals surface area contributed by atoms with E-state index in [1.807, 2.05) is 27.7 Å². The molecule has 1 aliphatic rings. The Labute approximate surface area is 113 Å². The Hall–Kier alpha value is -0.372. The second-order valence-corrected chi connectivity index (χ2v) is 2.77. The van der Waals surface area contributed by atoms with Gasteiger partial charge in [0.2, 0.25) is 11.8 Å². The van der Waals surface area contributed by atoms with Gasteiger partial charge < -0.3 is 10.6 Å². The van der Waals surface area contributed by atoms with Crippen molar-refractivity contribution >= 4 is 11.8 Å². The first-order chi connectivity index (χ1) is 7.10. The van der Waals surface area contributed by atoms with Crippen LogP contribution in [0, 0.1) is 7.05 Å². The maximum Gasteiger partial charge on any atom is 0.217 e. The zero-order chi connectivity index (χ0) is 12.5. The SMILES string of the molecule is CC.CC.[CH2-]NC(=O)C1(NC(C)=O)CC1.[W]. The molecule has 96 valence electrons. The Morgan fingerprint density at radius 1 is 1.12 bits per heavy atom. The van der Waals surface area contributed by atoms with Crippen molar-refractivity contribution in [2.24, 2.45) is 0 Å². The number of hydrogen-bond acceptors (Lipinski definition) is 2. The van der Waals surface area contributed by atoms with Gasteiger partial charge >= 0.3 is 0 Å². The minimum atomic E-state index is -0.631. The van der Waals surface area contributed by atoms with Gasteiger partial charge in [-0.2, -0.15) is 0 Å². The Balaban J connectivity index is -0.000000305. The van der Waals surface area contributed by atoms with Gasteiger partial charge in [-0.25, -0.2) is 0 Å².